The summed E-state index contributed by atoms with van der Waals surface area (Å²) >= 11 is 0. The van der Waals surface area contributed by atoms with Crippen LogP contribution >= 0.6 is 0 Å². The average Bonchev–Trinajstić information content (AvgIpc) is 3.02. The summed E-state index contributed by atoms with van der Waals surface area (Å²) in [4.78, 5) is 24.5. The van der Waals surface area contributed by atoms with E-state index in [0.717, 1.165) is 11.3 Å². The minimum absolute atomic E-state index is 0.0439. The molecular weight excluding hydrogens is 368 g/mol. The van der Waals surface area contributed by atoms with Gasteiger partial charge in [0.25, 0.3) is 5.91 Å². The maximum atomic E-state index is 12.6. The smallest absolute Gasteiger partial charge is 0.329 e. The van der Waals surface area contributed by atoms with Crippen LogP contribution in [0.5, 0.6) is 0 Å². The first-order valence-corrected chi connectivity index (χ1v) is 9.93. The molecule has 0 fully saturated rings. The predicted octanol–water partition coefficient (Wildman–Crippen LogP) is 2.94. The van der Waals surface area contributed by atoms with Crippen LogP contribution < -0.4 is 16.1 Å². The van der Waals surface area contributed by atoms with Crippen LogP contribution in [0.2, 0.25) is 0 Å². The van der Waals surface area contributed by atoms with Gasteiger partial charge in [0.15, 0.2) is 5.82 Å². The van der Waals surface area contributed by atoms with E-state index in [1.54, 1.807) is 0 Å². The van der Waals surface area contributed by atoms with Crippen molar-refractivity contribution in [2.45, 2.75) is 59.0 Å². The van der Waals surface area contributed by atoms with E-state index in [2.05, 4.69) is 47.0 Å². The summed E-state index contributed by atoms with van der Waals surface area (Å²) in [5.74, 6) is 0.368. The standard InChI is InChI=1S/C21H30N6O2/c1-13(2)22-20(29)26-27-11-10-16-17(12-27)24-25-18(16)23-19(28)14-6-8-15(9-7-14)21(3,4)5/h6-9,13H,10-12H2,1-5H3,(H2,22,26,29)(H2,23,24,25,28). The van der Waals surface area contributed by atoms with Crippen LogP contribution in [-0.2, 0) is 18.4 Å². The van der Waals surface area contributed by atoms with Crippen molar-refractivity contribution in [1.82, 2.24) is 25.9 Å². The van der Waals surface area contributed by atoms with Gasteiger partial charge < -0.3 is 10.6 Å². The Labute approximate surface area is 171 Å². The molecule has 0 atom stereocenters. The van der Waals surface area contributed by atoms with Crippen LogP contribution in [0.25, 0.3) is 0 Å². The Morgan fingerprint density at radius 2 is 1.86 bits per heavy atom. The highest BCUT2D eigenvalue weighted by Gasteiger charge is 2.24. The van der Waals surface area contributed by atoms with E-state index in [-0.39, 0.29) is 23.4 Å². The number of carbonyl (C=O) groups is 2. The molecule has 0 bridgehead atoms. The molecule has 2 aromatic rings. The molecule has 1 aromatic carbocycles. The second kappa shape index (κ2) is 8.24. The molecule has 3 rings (SSSR count). The van der Waals surface area contributed by atoms with Gasteiger partial charge in [-0.25, -0.2) is 9.80 Å². The Morgan fingerprint density at radius 1 is 1.17 bits per heavy atom. The SMILES string of the molecule is CC(C)NC(=O)NN1CCc2c(NC(=O)c3ccc(C(C)(C)C)cc3)n[nH]c2C1. The minimum Gasteiger partial charge on any atom is -0.335 e. The minimum atomic E-state index is -0.227. The zero-order valence-electron chi connectivity index (χ0n) is 17.7. The summed E-state index contributed by atoms with van der Waals surface area (Å²) in [7, 11) is 0. The van der Waals surface area contributed by atoms with Gasteiger partial charge >= 0.3 is 6.03 Å². The second-order valence-electron chi connectivity index (χ2n) is 8.72. The van der Waals surface area contributed by atoms with E-state index < -0.39 is 0 Å². The fraction of sp³-hybridized carbons (Fsp3) is 0.476. The molecule has 0 radical (unpaired) electrons. The lowest BCUT2D eigenvalue weighted by molar-refractivity contribution is 0.102. The number of aromatic nitrogens is 2. The Morgan fingerprint density at radius 3 is 2.48 bits per heavy atom. The number of hydrogen-bond acceptors (Lipinski definition) is 4. The molecule has 1 aliphatic heterocycles. The fourth-order valence-electron chi connectivity index (χ4n) is 3.26. The number of nitrogens with one attached hydrogen (secondary N) is 4. The lowest BCUT2D eigenvalue weighted by Gasteiger charge is -2.27. The van der Waals surface area contributed by atoms with Crippen molar-refractivity contribution in [3.8, 4) is 0 Å². The van der Waals surface area contributed by atoms with Crippen LogP contribution in [0.1, 0.15) is 61.8 Å². The van der Waals surface area contributed by atoms with Crippen molar-refractivity contribution in [2.24, 2.45) is 0 Å². The van der Waals surface area contributed by atoms with Gasteiger partial charge in [0.05, 0.1) is 12.2 Å². The van der Waals surface area contributed by atoms with Crippen LogP contribution in [-0.4, -0.2) is 39.7 Å². The molecule has 4 N–H and O–H groups in total. The van der Waals surface area contributed by atoms with Gasteiger partial charge in [-0.3, -0.25) is 15.3 Å². The van der Waals surface area contributed by atoms with Crippen LogP contribution in [0.3, 0.4) is 0 Å². The maximum Gasteiger partial charge on any atom is 0.329 e. The zero-order chi connectivity index (χ0) is 21.2. The normalized spacial score (nSPS) is 14.4. The maximum absolute atomic E-state index is 12.6. The number of H-pyrrole nitrogens is 1. The molecule has 0 saturated heterocycles. The topological polar surface area (TPSA) is 102 Å². The van der Waals surface area contributed by atoms with Gasteiger partial charge in [0.1, 0.15) is 0 Å². The lowest BCUT2D eigenvalue weighted by Crippen LogP contribution is -2.50. The van der Waals surface area contributed by atoms with Gasteiger partial charge in [-0.15, -0.1) is 0 Å². The number of aromatic amines is 1. The molecule has 1 aromatic heterocycles. The van der Waals surface area contributed by atoms with E-state index in [4.69, 9.17) is 0 Å². The number of fused-ring (bicyclic) bond motifs is 1. The second-order valence-corrected chi connectivity index (χ2v) is 8.72. The van der Waals surface area contributed by atoms with Gasteiger partial charge in [-0.1, -0.05) is 32.9 Å². The third kappa shape index (κ3) is 5.14. The Hall–Kier alpha value is -2.87. The molecule has 0 unspecified atom stereocenters. The summed E-state index contributed by atoms with van der Waals surface area (Å²) in [6, 6.07) is 7.50. The Bertz CT molecular complexity index is 880. The first kappa shape index (κ1) is 20.9. The monoisotopic (exact) mass is 398 g/mol. The Kier molecular flexibility index (Phi) is 5.93. The molecule has 1 aliphatic rings. The molecule has 29 heavy (non-hydrogen) atoms. The van der Waals surface area contributed by atoms with Gasteiger partial charge in [0, 0.05) is 23.7 Å². The molecule has 3 amide bonds. The highest BCUT2D eigenvalue weighted by molar-refractivity contribution is 6.04. The van der Waals surface area contributed by atoms with Crippen LogP contribution in [0, 0.1) is 0 Å². The highest BCUT2D eigenvalue weighted by atomic mass is 16.2. The first-order valence-electron chi connectivity index (χ1n) is 9.93. The van der Waals surface area contributed by atoms with E-state index in [1.807, 2.05) is 43.1 Å². The number of rotatable bonds is 4. The molecule has 0 spiro atoms. The first-order chi connectivity index (χ1) is 13.6. The summed E-state index contributed by atoms with van der Waals surface area (Å²) in [5.41, 5.74) is 6.52. The third-order valence-electron chi connectivity index (χ3n) is 4.86. The van der Waals surface area contributed by atoms with Crippen molar-refractivity contribution in [3.63, 3.8) is 0 Å². The molecule has 2 heterocycles. The quantitative estimate of drug-likeness (QED) is 0.636. The van der Waals surface area contributed by atoms with E-state index in [0.29, 0.717) is 30.9 Å². The molecule has 0 aliphatic carbocycles. The highest BCUT2D eigenvalue weighted by Crippen LogP contribution is 2.25. The molecular formula is C21H30N6O2. The van der Waals surface area contributed by atoms with Gasteiger partial charge in [0.2, 0.25) is 0 Å². The van der Waals surface area contributed by atoms with E-state index in [9.17, 15) is 9.59 Å². The van der Waals surface area contributed by atoms with Gasteiger partial charge in [-0.2, -0.15) is 5.10 Å². The van der Waals surface area contributed by atoms with Crippen molar-refractivity contribution in [3.05, 3.63) is 46.6 Å². The van der Waals surface area contributed by atoms with Crippen LogP contribution in [0.4, 0.5) is 10.6 Å². The largest absolute Gasteiger partial charge is 0.335 e. The number of hydrazine groups is 1. The fourth-order valence-corrected chi connectivity index (χ4v) is 3.26. The molecule has 8 heteroatoms. The molecule has 0 saturated carbocycles. The van der Waals surface area contributed by atoms with Crippen molar-refractivity contribution < 1.29 is 9.59 Å². The summed E-state index contributed by atoms with van der Waals surface area (Å²) in [5, 5.41) is 14.8. The third-order valence-corrected chi connectivity index (χ3v) is 4.86. The van der Waals surface area contributed by atoms with E-state index in [1.165, 1.54) is 5.56 Å². The average molecular weight is 399 g/mol. The number of carbonyl (C=O) groups excluding carboxylic acids is 2. The Balaban J connectivity index is 1.63. The molecule has 8 nitrogen and oxygen atoms in total. The summed E-state index contributed by atoms with van der Waals surface area (Å²) in [6.45, 7) is 11.4. The predicted molar refractivity (Wildman–Crippen MR) is 113 cm³/mol. The number of benzene rings is 1. The lowest BCUT2D eigenvalue weighted by atomic mass is 9.87. The number of amides is 3. The number of anilines is 1. The molecule has 156 valence electrons. The van der Waals surface area contributed by atoms with Crippen LogP contribution in [0.15, 0.2) is 24.3 Å². The van der Waals surface area contributed by atoms with Crippen molar-refractivity contribution >= 4 is 17.8 Å². The van der Waals surface area contributed by atoms with Crippen molar-refractivity contribution in [1.29, 1.82) is 0 Å². The van der Waals surface area contributed by atoms with Crippen molar-refractivity contribution in [2.75, 3.05) is 11.9 Å². The summed E-state index contributed by atoms with van der Waals surface area (Å²) < 4.78 is 0. The number of urea groups is 1. The zero-order valence-corrected chi connectivity index (χ0v) is 17.7. The summed E-state index contributed by atoms with van der Waals surface area (Å²) in [6.07, 6.45) is 0.673. The van der Waals surface area contributed by atoms with E-state index >= 15 is 0 Å². The number of nitrogens with zero attached hydrogens (tertiary/aromatic N) is 2. The van der Waals surface area contributed by atoms with Gasteiger partial charge in [-0.05, 0) is 43.4 Å². The number of hydrogen-bond donors (Lipinski definition) is 4.